The zero-order valence-electron chi connectivity index (χ0n) is 12.1. The van der Waals surface area contributed by atoms with Crippen molar-refractivity contribution in [1.29, 1.82) is 0 Å². The predicted octanol–water partition coefficient (Wildman–Crippen LogP) is 2.40. The van der Waals surface area contributed by atoms with E-state index in [1.165, 1.54) is 24.5 Å². The summed E-state index contributed by atoms with van der Waals surface area (Å²) in [6.07, 6.45) is -3.20. The van der Waals surface area contributed by atoms with Crippen molar-refractivity contribution in [2.75, 3.05) is 11.4 Å². The molecule has 3 heterocycles. The molecule has 0 aliphatic carbocycles. The molecule has 2 aromatic heterocycles. The van der Waals surface area contributed by atoms with Gasteiger partial charge in [0.05, 0.1) is 12.1 Å². The van der Waals surface area contributed by atoms with Crippen LogP contribution in [0.4, 0.5) is 23.4 Å². The number of anilines is 1. The van der Waals surface area contributed by atoms with Crippen molar-refractivity contribution in [2.45, 2.75) is 19.3 Å². The SMILES string of the molecule is Fc1ccc2ncnc(N3CCn4c(nnc4C(F)(F)F)C3)c2c1. The van der Waals surface area contributed by atoms with Crippen LogP contribution in [-0.2, 0) is 19.3 Å². The summed E-state index contributed by atoms with van der Waals surface area (Å²) in [4.78, 5) is 9.98. The van der Waals surface area contributed by atoms with Crippen LogP contribution in [-0.4, -0.2) is 31.3 Å². The number of benzene rings is 1. The molecule has 4 rings (SSSR count). The van der Waals surface area contributed by atoms with Gasteiger partial charge in [-0.15, -0.1) is 10.2 Å². The van der Waals surface area contributed by atoms with Gasteiger partial charge in [-0.1, -0.05) is 0 Å². The zero-order valence-corrected chi connectivity index (χ0v) is 12.1. The number of fused-ring (bicyclic) bond motifs is 2. The molecule has 0 unspecified atom stereocenters. The molecular formula is C14H10F4N6. The molecule has 0 atom stereocenters. The topological polar surface area (TPSA) is 59.7 Å². The lowest BCUT2D eigenvalue weighted by Crippen LogP contribution is -2.36. The van der Waals surface area contributed by atoms with Gasteiger partial charge < -0.3 is 9.47 Å². The Hall–Kier alpha value is -2.78. The van der Waals surface area contributed by atoms with Crippen LogP contribution in [0.3, 0.4) is 0 Å². The molecule has 3 aromatic rings. The van der Waals surface area contributed by atoms with Crippen molar-refractivity contribution in [3.63, 3.8) is 0 Å². The highest BCUT2D eigenvalue weighted by Crippen LogP contribution is 2.31. The minimum absolute atomic E-state index is 0.0674. The van der Waals surface area contributed by atoms with E-state index in [2.05, 4.69) is 20.2 Å². The Morgan fingerprint density at radius 2 is 1.88 bits per heavy atom. The van der Waals surface area contributed by atoms with Crippen LogP contribution >= 0.6 is 0 Å². The van der Waals surface area contributed by atoms with Crippen LogP contribution in [0, 0.1) is 5.82 Å². The summed E-state index contributed by atoms with van der Waals surface area (Å²) in [5, 5.41) is 7.37. The second-order valence-corrected chi connectivity index (χ2v) is 5.37. The smallest absolute Gasteiger partial charge is 0.347 e. The molecular weight excluding hydrogens is 328 g/mol. The first-order chi connectivity index (χ1) is 11.4. The standard InChI is InChI=1S/C14H10F4N6/c15-8-1-2-10-9(5-8)12(20-7-19-10)23-3-4-24-11(6-23)21-22-13(24)14(16,17)18/h1-2,5,7H,3-4,6H2. The van der Waals surface area contributed by atoms with E-state index in [0.717, 1.165) is 4.57 Å². The van der Waals surface area contributed by atoms with Crippen LogP contribution in [0.2, 0.25) is 0 Å². The van der Waals surface area contributed by atoms with Crippen molar-refractivity contribution < 1.29 is 17.6 Å². The molecule has 0 bridgehead atoms. The Balaban J connectivity index is 1.73. The molecule has 6 nitrogen and oxygen atoms in total. The number of alkyl halides is 3. The molecule has 1 aromatic carbocycles. The molecule has 0 N–H and O–H groups in total. The second-order valence-electron chi connectivity index (χ2n) is 5.37. The second kappa shape index (κ2) is 5.11. The van der Waals surface area contributed by atoms with Gasteiger partial charge in [0.1, 0.15) is 18.0 Å². The molecule has 0 radical (unpaired) electrons. The van der Waals surface area contributed by atoms with Gasteiger partial charge in [0.25, 0.3) is 0 Å². The van der Waals surface area contributed by atoms with Gasteiger partial charge in [0, 0.05) is 18.5 Å². The van der Waals surface area contributed by atoms with Crippen molar-refractivity contribution in [2.24, 2.45) is 0 Å². The number of hydrogen-bond acceptors (Lipinski definition) is 5. The largest absolute Gasteiger partial charge is 0.451 e. The molecule has 0 fully saturated rings. The van der Waals surface area contributed by atoms with E-state index >= 15 is 0 Å². The van der Waals surface area contributed by atoms with E-state index in [0.29, 0.717) is 16.7 Å². The lowest BCUT2D eigenvalue weighted by atomic mass is 10.2. The molecule has 24 heavy (non-hydrogen) atoms. The molecule has 0 saturated carbocycles. The highest BCUT2D eigenvalue weighted by molar-refractivity contribution is 5.89. The van der Waals surface area contributed by atoms with Gasteiger partial charge in [0.15, 0.2) is 5.82 Å². The summed E-state index contributed by atoms with van der Waals surface area (Å²) < 4.78 is 53.2. The monoisotopic (exact) mass is 338 g/mol. The number of nitrogens with zero attached hydrogens (tertiary/aromatic N) is 6. The predicted molar refractivity (Wildman–Crippen MR) is 75.6 cm³/mol. The molecule has 0 amide bonds. The fraction of sp³-hybridized carbons (Fsp3) is 0.286. The van der Waals surface area contributed by atoms with Gasteiger partial charge in [-0.2, -0.15) is 13.2 Å². The Bertz CT molecular complexity index is 919. The summed E-state index contributed by atoms with van der Waals surface area (Å²) in [5.74, 6) is -0.784. The Kier molecular flexibility index (Phi) is 3.15. The summed E-state index contributed by atoms with van der Waals surface area (Å²) in [6, 6.07) is 4.14. The average Bonchev–Trinajstić information content (AvgIpc) is 2.97. The molecule has 124 valence electrons. The summed E-state index contributed by atoms with van der Waals surface area (Å²) in [7, 11) is 0. The maximum atomic E-state index is 13.5. The Morgan fingerprint density at radius 1 is 1.04 bits per heavy atom. The molecule has 0 saturated heterocycles. The minimum atomic E-state index is -4.54. The van der Waals surface area contributed by atoms with Gasteiger partial charge in [-0.25, -0.2) is 14.4 Å². The third-order valence-electron chi connectivity index (χ3n) is 3.88. The van der Waals surface area contributed by atoms with E-state index in [-0.39, 0.29) is 25.5 Å². The molecule has 10 heteroatoms. The van der Waals surface area contributed by atoms with E-state index in [1.807, 2.05) is 0 Å². The van der Waals surface area contributed by atoms with Crippen molar-refractivity contribution in [1.82, 2.24) is 24.7 Å². The van der Waals surface area contributed by atoms with Crippen LogP contribution < -0.4 is 4.90 Å². The maximum Gasteiger partial charge on any atom is 0.451 e. The van der Waals surface area contributed by atoms with Crippen molar-refractivity contribution >= 4 is 16.7 Å². The summed E-state index contributed by atoms with van der Waals surface area (Å²) >= 11 is 0. The van der Waals surface area contributed by atoms with Gasteiger partial charge in [-0.3, -0.25) is 0 Å². The Morgan fingerprint density at radius 3 is 2.67 bits per heavy atom. The van der Waals surface area contributed by atoms with Crippen LogP contribution in [0.1, 0.15) is 11.6 Å². The average molecular weight is 338 g/mol. The number of halogens is 4. The first-order valence-electron chi connectivity index (χ1n) is 7.08. The highest BCUT2D eigenvalue weighted by atomic mass is 19.4. The number of aromatic nitrogens is 5. The summed E-state index contributed by atoms with van der Waals surface area (Å²) in [5.41, 5.74) is 0.560. The Labute approximate surface area is 132 Å². The van der Waals surface area contributed by atoms with E-state index in [9.17, 15) is 17.6 Å². The van der Waals surface area contributed by atoms with Gasteiger partial charge in [0.2, 0.25) is 5.82 Å². The van der Waals surface area contributed by atoms with Crippen LogP contribution in [0.5, 0.6) is 0 Å². The fourth-order valence-electron chi connectivity index (χ4n) is 2.82. The van der Waals surface area contributed by atoms with Crippen molar-refractivity contribution in [3.8, 4) is 0 Å². The third-order valence-corrected chi connectivity index (χ3v) is 3.88. The minimum Gasteiger partial charge on any atom is -0.347 e. The van der Waals surface area contributed by atoms with E-state index in [1.54, 1.807) is 4.90 Å². The van der Waals surface area contributed by atoms with Crippen LogP contribution in [0.25, 0.3) is 10.9 Å². The lowest BCUT2D eigenvalue weighted by Gasteiger charge is -2.29. The quantitative estimate of drug-likeness (QED) is 0.638. The van der Waals surface area contributed by atoms with Gasteiger partial charge in [-0.05, 0) is 18.2 Å². The normalized spacial score (nSPS) is 14.9. The third kappa shape index (κ3) is 2.34. The number of hydrogen-bond donors (Lipinski definition) is 0. The first-order valence-corrected chi connectivity index (χ1v) is 7.08. The molecule has 0 spiro atoms. The van der Waals surface area contributed by atoms with Crippen molar-refractivity contribution in [3.05, 3.63) is 42.0 Å². The van der Waals surface area contributed by atoms with Crippen LogP contribution in [0.15, 0.2) is 24.5 Å². The molecule has 1 aliphatic heterocycles. The molecule has 1 aliphatic rings. The lowest BCUT2D eigenvalue weighted by molar-refractivity contribution is -0.147. The zero-order chi connectivity index (χ0) is 16.9. The maximum absolute atomic E-state index is 13.5. The van der Waals surface area contributed by atoms with Gasteiger partial charge >= 0.3 is 6.18 Å². The highest BCUT2D eigenvalue weighted by Gasteiger charge is 2.39. The first kappa shape index (κ1) is 14.8. The number of rotatable bonds is 1. The van der Waals surface area contributed by atoms with E-state index in [4.69, 9.17) is 0 Å². The van der Waals surface area contributed by atoms with E-state index < -0.39 is 17.8 Å². The fourth-order valence-corrected chi connectivity index (χ4v) is 2.82. The summed E-state index contributed by atoms with van der Waals surface area (Å²) in [6.45, 7) is 0.445.